The molecule has 0 bridgehead atoms. The van der Waals surface area contributed by atoms with Crippen LogP contribution in [-0.2, 0) is 10.0 Å². The quantitative estimate of drug-likeness (QED) is 0.300. The molecule has 1 atom stereocenters. The SMILES string of the molecule is C=C(C(=O)c1ccccc1[Se]C)C(NS(=O)(=O)c1ccc(C)cc1)c1ccccc1. The number of nitrogens with one attached hydrogen (secondary N) is 1. The molecule has 3 aromatic rings. The third-order valence-corrected chi connectivity index (χ3v) is 7.84. The van der Waals surface area contributed by atoms with Gasteiger partial charge in [0.15, 0.2) is 0 Å². The standard InChI is InChI=1S/C24H23NO3SSe/c1-17-13-15-20(16-14-17)29(27,28)25-23(19-9-5-4-6-10-19)18(2)24(26)21-11-7-8-12-22(21)30-3/h4-16,23,25H,2H2,1,3H3. The van der Waals surface area contributed by atoms with Crippen LogP contribution in [0.15, 0.2) is 95.9 Å². The minimum atomic E-state index is -3.86. The Morgan fingerprint density at radius 3 is 2.17 bits per heavy atom. The predicted molar refractivity (Wildman–Crippen MR) is 122 cm³/mol. The zero-order chi connectivity index (χ0) is 21.7. The molecule has 6 heteroatoms. The summed E-state index contributed by atoms with van der Waals surface area (Å²) in [5.41, 5.74) is 2.38. The van der Waals surface area contributed by atoms with E-state index in [-0.39, 0.29) is 31.2 Å². The van der Waals surface area contributed by atoms with Crippen molar-refractivity contribution < 1.29 is 13.2 Å². The summed E-state index contributed by atoms with van der Waals surface area (Å²) in [4.78, 5) is 13.4. The number of rotatable bonds is 8. The summed E-state index contributed by atoms with van der Waals surface area (Å²) in [6.45, 7) is 5.90. The predicted octanol–water partition coefficient (Wildman–Crippen LogP) is 3.83. The molecule has 0 fully saturated rings. The van der Waals surface area contributed by atoms with E-state index in [1.807, 2.05) is 49.1 Å². The average molecular weight is 484 g/mol. The zero-order valence-electron chi connectivity index (χ0n) is 16.8. The third-order valence-electron chi connectivity index (χ3n) is 4.73. The molecule has 0 aliphatic rings. The molecule has 0 saturated heterocycles. The molecule has 0 heterocycles. The minimum absolute atomic E-state index is 0.121. The van der Waals surface area contributed by atoms with E-state index in [2.05, 4.69) is 11.3 Å². The van der Waals surface area contributed by atoms with Crippen molar-refractivity contribution in [2.24, 2.45) is 0 Å². The zero-order valence-corrected chi connectivity index (χ0v) is 19.4. The summed E-state index contributed by atoms with van der Waals surface area (Å²) < 4.78 is 29.8. The first-order valence-corrected chi connectivity index (χ1v) is 13.4. The van der Waals surface area contributed by atoms with Crippen molar-refractivity contribution in [3.8, 4) is 0 Å². The molecule has 0 aliphatic heterocycles. The Hall–Kier alpha value is -2.50. The third kappa shape index (κ3) is 4.97. The Bertz CT molecular complexity index is 1160. The number of sulfonamides is 1. The van der Waals surface area contributed by atoms with Gasteiger partial charge >= 0.3 is 185 Å². The normalized spacial score (nSPS) is 12.3. The molecule has 3 aromatic carbocycles. The first-order valence-electron chi connectivity index (χ1n) is 9.34. The van der Waals surface area contributed by atoms with Crippen molar-refractivity contribution in [2.45, 2.75) is 23.7 Å². The van der Waals surface area contributed by atoms with E-state index in [4.69, 9.17) is 0 Å². The summed E-state index contributed by atoms with van der Waals surface area (Å²) in [5.74, 6) is 1.78. The van der Waals surface area contributed by atoms with E-state index in [1.54, 1.807) is 42.5 Å². The van der Waals surface area contributed by atoms with Crippen LogP contribution >= 0.6 is 0 Å². The second-order valence-electron chi connectivity index (χ2n) is 6.83. The topological polar surface area (TPSA) is 63.2 Å². The van der Waals surface area contributed by atoms with Crippen LogP contribution in [0.25, 0.3) is 0 Å². The van der Waals surface area contributed by atoms with Crippen LogP contribution in [0.1, 0.15) is 27.5 Å². The fraction of sp³-hybridized carbons (Fsp3) is 0.125. The first-order chi connectivity index (χ1) is 14.3. The van der Waals surface area contributed by atoms with Gasteiger partial charge in [-0.3, -0.25) is 0 Å². The summed E-state index contributed by atoms with van der Waals surface area (Å²) in [5, 5.41) is 0. The summed E-state index contributed by atoms with van der Waals surface area (Å²) in [7, 11) is -3.86. The number of ketones is 1. The first kappa shape index (κ1) is 22.2. The molecule has 3 rings (SSSR count). The maximum absolute atomic E-state index is 13.3. The van der Waals surface area contributed by atoms with E-state index in [9.17, 15) is 13.2 Å². The van der Waals surface area contributed by atoms with E-state index < -0.39 is 16.1 Å². The Balaban J connectivity index is 2.00. The van der Waals surface area contributed by atoms with Crippen molar-refractivity contribution in [2.75, 3.05) is 0 Å². The number of hydrogen-bond acceptors (Lipinski definition) is 3. The molecule has 0 aromatic heterocycles. The van der Waals surface area contributed by atoms with Crippen LogP contribution in [0.4, 0.5) is 0 Å². The molecule has 1 unspecified atom stereocenters. The molecule has 1 N–H and O–H groups in total. The number of aryl methyl sites for hydroxylation is 1. The van der Waals surface area contributed by atoms with Gasteiger partial charge in [-0.25, -0.2) is 0 Å². The fourth-order valence-corrected chi connectivity index (χ4v) is 5.53. The van der Waals surface area contributed by atoms with Crippen molar-refractivity contribution in [3.63, 3.8) is 0 Å². The molecule has 30 heavy (non-hydrogen) atoms. The van der Waals surface area contributed by atoms with Gasteiger partial charge in [-0.1, -0.05) is 0 Å². The molecule has 0 radical (unpaired) electrons. The molecule has 0 amide bonds. The number of Topliss-reactive ketones (excluding diaryl/α,β-unsaturated/α-hetero) is 1. The van der Waals surface area contributed by atoms with Crippen molar-refractivity contribution >= 4 is 35.2 Å². The number of benzene rings is 3. The van der Waals surface area contributed by atoms with Gasteiger partial charge in [0.2, 0.25) is 0 Å². The van der Waals surface area contributed by atoms with Crippen LogP contribution in [0.2, 0.25) is 5.82 Å². The van der Waals surface area contributed by atoms with Gasteiger partial charge < -0.3 is 0 Å². The van der Waals surface area contributed by atoms with E-state index in [1.165, 1.54) is 0 Å². The monoisotopic (exact) mass is 485 g/mol. The molecule has 154 valence electrons. The second-order valence-corrected chi connectivity index (χ2v) is 10.3. The summed E-state index contributed by atoms with van der Waals surface area (Å²) in [6, 6.07) is 22.2. The van der Waals surface area contributed by atoms with E-state index in [0.29, 0.717) is 11.1 Å². The fourth-order valence-electron chi connectivity index (χ4n) is 3.06. The second kappa shape index (κ2) is 9.54. The molecular formula is C24H23NO3SSe. The Labute approximate surface area is 184 Å². The van der Waals surface area contributed by atoms with Gasteiger partial charge in [-0.05, 0) is 0 Å². The number of carbonyl (C=O) groups is 1. The molecular weight excluding hydrogens is 461 g/mol. The average Bonchev–Trinajstić information content (AvgIpc) is 2.77. The summed E-state index contributed by atoms with van der Waals surface area (Å²) in [6.07, 6.45) is 0. The van der Waals surface area contributed by atoms with Crippen LogP contribution in [0.3, 0.4) is 0 Å². The molecule has 4 nitrogen and oxygen atoms in total. The van der Waals surface area contributed by atoms with Gasteiger partial charge in [0.05, 0.1) is 0 Å². The van der Waals surface area contributed by atoms with Gasteiger partial charge in [-0.2, -0.15) is 0 Å². The molecule has 0 spiro atoms. The van der Waals surface area contributed by atoms with Crippen molar-refractivity contribution in [1.29, 1.82) is 0 Å². The van der Waals surface area contributed by atoms with Crippen LogP contribution in [0.5, 0.6) is 0 Å². The molecule has 0 aliphatic carbocycles. The number of carbonyl (C=O) groups excluding carboxylic acids is 1. The van der Waals surface area contributed by atoms with Gasteiger partial charge in [0, 0.05) is 0 Å². The Morgan fingerprint density at radius 1 is 0.933 bits per heavy atom. The van der Waals surface area contributed by atoms with Gasteiger partial charge in [0.1, 0.15) is 0 Å². The van der Waals surface area contributed by atoms with Crippen LogP contribution < -0.4 is 9.18 Å². The van der Waals surface area contributed by atoms with Crippen molar-refractivity contribution in [1.82, 2.24) is 4.72 Å². The summed E-state index contributed by atoms with van der Waals surface area (Å²) >= 11 is 0.121. The van der Waals surface area contributed by atoms with E-state index in [0.717, 1.165) is 10.0 Å². The van der Waals surface area contributed by atoms with E-state index >= 15 is 0 Å². The van der Waals surface area contributed by atoms with Crippen LogP contribution in [0, 0.1) is 6.92 Å². The maximum atomic E-state index is 13.3. The van der Waals surface area contributed by atoms with Crippen molar-refractivity contribution in [3.05, 3.63) is 108 Å². The molecule has 0 saturated carbocycles. The number of hydrogen-bond donors (Lipinski definition) is 1. The van der Waals surface area contributed by atoms with Crippen LogP contribution in [-0.4, -0.2) is 29.2 Å². The van der Waals surface area contributed by atoms with Gasteiger partial charge in [-0.15, -0.1) is 0 Å². The Morgan fingerprint density at radius 2 is 1.53 bits per heavy atom. The Kier molecular flexibility index (Phi) is 7.06. The van der Waals surface area contributed by atoms with Gasteiger partial charge in [0.25, 0.3) is 0 Å².